The molecule has 1 aliphatic rings. The number of nitrogens with one attached hydrogen (secondary N) is 1. The molecule has 0 bridgehead atoms. The summed E-state index contributed by atoms with van der Waals surface area (Å²) in [4.78, 5) is 26.6. The van der Waals surface area contributed by atoms with E-state index in [0.29, 0.717) is 47.9 Å². The van der Waals surface area contributed by atoms with E-state index in [9.17, 15) is 13.2 Å². The summed E-state index contributed by atoms with van der Waals surface area (Å²) in [6.45, 7) is 0.331. The van der Waals surface area contributed by atoms with Crippen LogP contribution in [-0.2, 0) is 21.2 Å². The maximum Gasteiger partial charge on any atom is 0.223 e. The van der Waals surface area contributed by atoms with E-state index in [-0.39, 0.29) is 16.2 Å². The number of sulfone groups is 1. The zero-order valence-electron chi connectivity index (χ0n) is 18.3. The number of imidazole rings is 1. The van der Waals surface area contributed by atoms with Gasteiger partial charge < -0.3 is 14.6 Å². The number of fused-ring (bicyclic) bond motifs is 1. The average molecular weight is 495 g/mol. The Kier molecular flexibility index (Phi) is 5.78. The number of aromatic nitrogens is 3. The lowest BCUT2D eigenvalue weighted by Gasteiger charge is -2.22. The van der Waals surface area contributed by atoms with Gasteiger partial charge in [0.05, 0.1) is 27.8 Å². The lowest BCUT2D eigenvalue weighted by molar-refractivity contribution is -0.128. The highest BCUT2D eigenvalue weighted by atomic mass is 32.2. The highest BCUT2D eigenvalue weighted by molar-refractivity contribution is 7.90. The van der Waals surface area contributed by atoms with Gasteiger partial charge in [0.15, 0.2) is 15.7 Å². The molecule has 4 aromatic rings. The standard InChI is InChI=1S/C24H22N4O4S2/c1-34(30,31)17-7-5-16(6-8-17)32-21-13-20-19(26-24(27-20)18-4-2-3-11-25-18)12-15(21)14-28-22(29)9-10-23(28)33/h2-8,11-13,23,33H,9-10,14H2,1H3,(H,26,27). The maximum atomic E-state index is 12.4. The Morgan fingerprint density at radius 2 is 1.97 bits per heavy atom. The molecule has 0 saturated carbocycles. The summed E-state index contributed by atoms with van der Waals surface area (Å²) in [6, 6.07) is 15.6. The number of hydrogen-bond acceptors (Lipinski definition) is 7. The van der Waals surface area contributed by atoms with Crippen molar-refractivity contribution in [3.63, 3.8) is 0 Å². The molecule has 174 valence electrons. The third-order valence-electron chi connectivity index (χ3n) is 5.69. The molecule has 1 amide bonds. The first-order valence-electron chi connectivity index (χ1n) is 10.7. The van der Waals surface area contributed by atoms with Gasteiger partial charge in [0, 0.05) is 30.5 Å². The first-order chi connectivity index (χ1) is 16.3. The van der Waals surface area contributed by atoms with E-state index in [1.165, 1.54) is 12.1 Å². The van der Waals surface area contributed by atoms with E-state index >= 15 is 0 Å². The fourth-order valence-corrected chi connectivity index (χ4v) is 4.87. The van der Waals surface area contributed by atoms with Gasteiger partial charge in [0.1, 0.15) is 17.2 Å². The molecule has 10 heteroatoms. The van der Waals surface area contributed by atoms with Crippen LogP contribution in [0.25, 0.3) is 22.6 Å². The Hall–Kier alpha value is -3.37. The number of aromatic amines is 1. The minimum atomic E-state index is -3.31. The summed E-state index contributed by atoms with van der Waals surface area (Å²) in [7, 11) is -3.31. The molecule has 1 atom stereocenters. The Labute approximate surface area is 202 Å². The first-order valence-corrected chi connectivity index (χ1v) is 13.1. The highest BCUT2D eigenvalue weighted by Crippen LogP contribution is 2.34. The molecule has 2 aromatic heterocycles. The molecular weight excluding hydrogens is 472 g/mol. The van der Waals surface area contributed by atoms with Crippen LogP contribution in [0, 0.1) is 0 Å². The fourth-order valence-electron chi connectivity index (χ4n) is 3.90. The second-order valence-corrected chi connectivity index (χ2v) is 10.8. The number of thiol groups is 1. The van der Waals surface area contributed by atoms with Crippen molar-refractivity contribution in [2.45, 2.75) is 29.7 Å². The smallest absolute Gasteiger partial charge is 0.223 e. The second kappa shape index (κ2) is 8.77. The van der Waals surface area contributed by atoms with Gasteiger partial charge in [-0.2, -0.15) is 12.6 Å². The van der Waals surface area contributed by atoms with Crippen LogP contribution in [-0.4, -0.2) is 45.8 Å². The van der Waals surface area contributed by atoms with Gasteiger partial charge in [-0.25, -0.2) is 13.4 Å². The lowest BCUT2D eigenvalue weighted by Crippen LogP contribution is -2.29. The van der Waals surface area contributed by atoms with Crippen molar-refractivity contribution in [1.82, 2.24) is 19.9 Å². The quantitative estimate of drug-likeness (QED) is 0.389. The number of nitrogens with zero attached hydrogens (tertiary/aromatic N) is 3. The Morgan fingerprint density at radius 1 is 1.18 bits per heavy atom. The minimum absolute atomic E-state index is 0.0438. The van der Waals surface area contributed by atoms with Gasteiger partial charge in [0.25, 0.3) is 0 Å². The van der Waals surface area contributed by atoms with Gasteiger partial charge in [0.2, 0.25) is 5.91 Å². The fraction of sp³-hybridized carbons (Fsp3) is 0.208. The van der Waals surface area contributed by atoms with Gasteiger partial charge in [-0.3, -0.25) is 9.78 Å². The summed E-state index contributed by atoms with van der Waals surface area (Å²) < 4.78 is 29.7. The number of H-pyrrole nitrogens is 1. The molecule has 0 spiro atoms. The molecule has 34 heavy (non-hydrogen) atoms. The van der Waals surface area contributed by atoms with Crippen molar-refractivity contribution in [2.24, 2.45) is 0 Å². The van der Waals surface area contributed by atoms with Crippen molar-refractivity contribution in [3.8, 4) is 23.0 Å². The van der Waals surface area contributed by atoms with E-state index in [0.717, 1.165) is 17.3 Å². The van der Waals surface area contributed by atoms with Crippen LogP contribution in [0.2, 0.25) is 0 Å². The Balaban J connectivity index is 1.55. The third kappa shape index (κ3) is 4.51. The number of benzene rings is 2. The third-order valence-corrected chi connectivity index (χ3v) is 7.35. The van der Waals surface area contributed by atoms with Gasteiger partial charge in [-0.15, -0.1) is 0 Å². The predicted octanol–water partition coefficient (Wildman–Crippen LogP) is 4.20. The summed E-state index contributed by atoms with van der Waals surface area (Å²) >= 11 is 4.55. The van der Waals surface area contributed by atoms with E-state index in [1.54, 1.807) is 23.2 Å². The second-order valence-electron chi connectivity index (χ2n) is 8.16. The van der Waals surface area contributed by atoms with Crippen LogP contribution in [0.1, 0.15) is 18.4 Å². The van der Waals surface area contributed by atoms with Crippen molar-refractivity contribution in [1.29, 1.82) is 0 Å². The molecule has 8 nitrogen and oxygen atoms in total. The van der Waals surface area contributed by atoms with Gasteiger partial charge in [-0.1, -0.05) is 6.07 Å². The summed E-state index contributed by atoms with van der Waals surface area (Å²) in [6.07, 6.45) is 4.02. The number of hydrogen-bond donors (Lipinski definition) is 2. The maximum absolute atomic E-state index is 12.4. The normalized spacial score (nSPS) is 16.4. The number of carbonyl (C=O) groups is 1. The first kappa shape index (κ1) is 22.4. The van der Waals surface area contributed by atoms with Crippen LogP contribution < -0.4 is 4.74 Å². The minimum Gasteiger partial charge on any atom is -0.457 e. The van der Waals surface area contributed by atoms with Gasteiger partial charge in [-0.05, 0) is 48.9 Å². The Morgan fingerprint density at radius 3 is 2.62 bits per heavy atom. The van der Waals surface area contributed by atoms with Gasteiger partial charge >= 0.3 is 0 Å². The number of amides is 1. The van der Waals surface area contributed by atoms with Crippen molar-refractivity contribution >= 4 is 39.4 Å². The molecule has 1 N–H and O–H groups in total. The van der Waals surface area contributed by atoms with Crippen LogP contribution in [0.4, 0.5) is 0 Å². The summed E-state index contributed by atoms with van der Waals surface area (Å²) in [5, 5.41) is -0.157. The van der Waals surface area contributed by atoms with Crippen molar-refractivity contribution in [3.05, 3.63) is 66.4 Å². The molecule has 1 fully saturated rings. The molecule has 0 radical (unpaired) electrons. The zero-order valence-corrected chi connectivity index (χ0v) is 20.0. The van der Waals surface area contributed by atoms with Crippen LogP contribution in [0.15, 0.2) is 65.7 Å². The molecular formula is C24H22N4O4S2. The predicted molar refractivity (Wildman–Crippen MR) is 132 cm³/mol. The van der Waals surface area contributed by atoms with Crippen LogP contribution in [0.5, 0.6) is 11.5 Å². The van der Waals surface area contributed by atoms with Crippen molar-refractivity contribution < 1.29 is 17.9 Å². The molecule has 1 saturated heterocycles. The number of likely N-dealkylation sites (tertiary alicyclic amines) is 1. The number of ether oxygens (including phenoxy) is 1. The highest BCUT2D eigenvalue weighted by Gasteiger charge is 2.29. The summed E-state index contributed by atoms with van der Waals surface area (Å²) in [5.41, 5.74) is 2.97. The monoisotopic (exact) mass is 494 g/mol. The van der Waals surface area contributed by atoms with E-state index in [2.05, 4.69) is 27.6 Å². The van der Waals surface area contributed by atoms with E-state index in [4.69, 9.17) is 4.74 Å². The van der Waals surface area contributed by atoms with Crippen molar-refractivity contribution in [2.75, 3.05) is 6.26 Å². The van der Waals surface area contributed by atoms with E-state index in [1.807, 2.05) is 30.3 Å². The largest absolute Gasteiger partial charge is 0.457 e. The molecule has 3 heterocycles. The average Bonchev–Trinajstić information content (AvgIpc) is 3.37. The topological polar surface area (TPSA) is 105 Å². The lowest BCUT2D eigenvalue weighted by atomic mass is 10.1. The number of rotatable bonds is 6. The molecule has 5 rings (SSSR count). The van der Waals surface area contributed by atoms with Crippen LogP contribution in [0.3, 0.4) is 0 Å². The number of pyridine rings is 1. The molecule has 2 aromatic carbocycles. The molecule has 0 aliphatic carbocycles. The van der Waals surface area contributed by atoms with E-state index < -0.39 is 9.84 Å². The molecule has 1 unspecified atom stereocenters. The Bertz CT molecular complexity index is 1470. The number of carbonyl (C=O) groups excluding carboxylic acids is 1. The SMILES string of the molecule is CS(=O)(=O)c1ccc(Oc2cc3nc(-c4ccccn4)[nH]c3cc2CN2C(=O)CCC2S)cc1. The summed E-state index contributed by atoms with van der Waals surface area (Å²) in [5.74, 6) is 1.67. The zero-order chi connectivity index (χ0) is 23.9. The molecule has 1 aliphatic heterocycles. The van der Waals surface area contributed by atoms with Crippen LogP contribution >= 0.6 is 12.6 Å².